The van der Waals surface area contributed by atoms with Crippen molar-refractivity contribution in [3.63, 3.8) is 0 Å². The zero-order valence-electron chi connectivity index (χ0n) is 17.9. The van der Waals surface area contributed by atoms with Crippen LogP contribution in [0.2, 0.25) is 5.15 Å². The van der Waals surface area contributed by atoms with Crippen molar-refractivity contribution in [1.29, 1.82) is 0 Å². The van der Waals surface area contributed by atoms with E-state index in [0.717, 1.165) is 6.07 Å². The fourth-order valence-electron chi connectivity index (χ4n) is 3.78. The lowest BCUT2D eigenvalue weighted by Crippen LogP contribution is -2.56. The second-order valence-electron chi connectivity index (χ2n) is 7.48. The summed E-state index contributed by atoms with van der Waals surface area (Å²) in [6.45, 7) is 7.44. The lowest BCUT2D eigenvalue weighted by atomic mass is 9.98. The Labute approximate surface area is 190 Å². The maximum Gasteiger partial charge on any atom is 0.269 e. The highest BCUT2D eigenvalue weighted by atomic mass is 35.5. The van der Waals surface area contributed by atoms with Gasteiger partial charge in [0.05, 0.1) is 11.7 Å². The van der Waals surface area contributed by atoms with Gasteiger partial charge in [-0.15, -0.1) is 0 Å². The van der Waals surface area contributed by atoms with Gasteiger partial charge >= 0.3 is 0 Å². The monoisotopic (exact) mass is 459 g/mol. The van der Waals surface area contributed by atoms with Crippen LogP contribution >= 0.6 is 11.6 Å². The molecule has 3 amide bonds. The number of piperazine rings is 1. The molecule has 2 atom stereocenters. The smallest absolute Gasteiger partial charge is 0.269 e. The number of carbonyl (C=O) groups excluding carboxylic acids is 3. The SMILES string of the molecule is C=CC(=O)N1C[C@H](c2cc(Cl)nc(-c3cc(F)nc(C(=O)NC)c3)c2)N(C(C)=O)C[C@H]1C. The first-order valence-electron chi connectivity index (χ1n) is 9.92. The van der Waals surface area contributed by atoms with Crippen LogP contribution in [-0.4, -0.2) is 63.7 Å². The molecule has 0 spiro atoms. The van der Waals surface area contributed by atoms with Crippen LogP contribution < -0.4 is 5.32 Å². The zero-order chi connectivity index (χ0) is 23.6. The largest absolute Gasteiger partial charge is 0.354 e. The van der Waals surface area contributed by atoms with Gasteiger partial charge in [0.2, 0.25) is 17.8 Å². The van der Waals surface area contributed by atoms with Crippen molar-refractivity contribution >= 4 is 29.3 Å². The Balaban J connectivity index is 2.08. The Kier molecular flexibility index (Phi) is 6.88. The third kappa shape index (κ3) is 4.77. The average molecular weight is 460 g/mol. The van der Waals surface area contributed by atoms with Crippen LogP contribution in [0, 0.1) is 5.95 Å². The number of amides is 3. The number of nitrogens with one attached hydrogen (secondary N) is 1. The van der Waals surface area contributed by atoms with E-state index in [4.69, 9.17) is 11.6 Å². The summed E-state index contributed by atoms with van der Waals surface area (Å²) in [6, 6.07) is 5.15. The van der Waals surface area contributed by atoms with E-state index in [2.05, 4.69) is 21.9 Å². The van der Waals surface area contributed by atoms with Crippen LogP contribution in [0.5, 0.6) is 0 Å². The molecule has 2 aromatic rings. The van der Waals surface area contributed by atoms with Gasteiger partial charge in [-0.3, -0.25) is 14.4 Å². The van der Waals surface area contributed by atoms with Crippen molar-refractivity contribution in [3.8, 4) is 11.3 Å². The predicted molar refractivity (Wildman–Crippen MR) is 117 cm³/mol. The van der Waals surface area contributed by atoms with Crippen LogP contribution in [-0.2, 0) is 9.59 Å². The van der Waals surface area contributed by atoms with Crippen LogP contribution in [0.25, 0.3) is 11.3 Å². The molecule has 1 aliphatic rings. The third-order valence-electron chi connectivity index (χ3n) is 5.35. The Hall–Kier alpha value is -3.33. The van der Waals surface area contributed by atoms with Gasteiger partial charge in [-0.1, -0.05) is 18.2 Å². The van der Waals surface area contributed by atoms with E-state index in [0.29, 0.717) is 23.4 Å². The second kappa shape index (κ2) is 9.44. The molecule has 1 saturated heterocycles. The molecule has 8 nitrogen and oxygen atoms in total. The molecule has 1 fully saturated rings. The number of hydrogen-bond acceptors (Lipinski definition) is 5. The van der Waals surface area contributed by atoms with Crippen molar-refractivity contribution in [1.82, 2.24) is 25.1 Å². The lowest BCUT2D eigenvalue weighted by Gasteiger charge is -2.45. The molecule has 10 heteroatoms. The highest BCUT2D eigenvalue weighted by Crippen LogP contribution is 2.32. The van der Waals surface area contributed by atoms with Crippen molar-refractivity contribution in [2.45, 2.75) is 25.9 Å². The van der Waals surface area contributed by atoms with Gasteiger partial charge in [0.1, 0.15) is 10.8 Å². The molecule has 1 aliphatic heterocycles. The van der Waals surface area contributed by atoms with Gasteiger partial charge in [-0.05, 0) is 36.8 Å². The topological polar surface area (TPSA) is 95.5 Å². The van der Waals surface area contributed by atoms with Gasteiger partial charge in [0, 0.05) is 44.7 Å². The summed E-state index contributed by atoms with van der Waals surface area (Å²) < 4.78 is 14.1. The van der Waals surface area contributed by atoms with Gasteiger partial charge in [0.15, 0.2) is 0 Å². The minimum Gasteiger partial charge on any atom is -0.354 e. The van der Waals surface area contributed by atoms with Gasteiger partial charge in [-0.25, -0.2) is 9.97 Å². The molecule has 3 rings (SSSR count). The molecule has 0 bridgehead atoms. The molecule has 0 unspecified atom stereocenters. The molecule has 0 aromatic carbocycles. The number of pyridine rings is 2. The van der Waals surface area contributed by atoms with Gasteiger partial charge < -0.3 is 15.1 Å². The molecule has 32 heavy (non-hydrogen) atoms. The first-order chi connectivity index (χ1) is 15.1. The number of carbonyl (C=O) groups is 3. The maximum atomic E-state index is 14.1. The fraction of sp³-hybridized carbons (Fsp3) is 0.318. The van der Waals surface area contributed by atoms with Crippen LogP contribution in [0.4, 0.5) is 4.39 Å². The molecule has 1 N–H and O–H groups in total. The van der Waals surface area contributed by atoms with Crippen LogP contribution in [0.3, 0.4) is 0 Å². The summed E-state index contributed by atoms with van der Waals surface area (Å²) in [5.41, 5.74) is 1.13. The molecular formula is C22H23ClFN5O3. The summed E-state index contributed by atoms with van der Waals surface area (Å²) in [6.07, 6.45) is 1.24. The molecule has 0 saturated carbocycles. The van der Waals surface area contributed by atoms with E-state index in [1.54, 1.807) is 21.9 Å². The maximum absolute atomic E-state index is 14.1. The van der Waals surface area contributed by atoms with Crippen molar-refractivity contribution < 1.29 is 18.8 Å². The minimum atomic E-state index is -0.843. The minimum absolute atomic E-state index is 0.106. The Morgan fingerprint density at radius 1 is 1.19 bits per heavy atom. The molecule has 0 aliphatic carbocycles. The summed E-state index contributed by atoms with van der Waals surface area (Å²) >= 11 is 6.27. The number of nitrogens with zero attached hydrogens (tertiary/aromatic N) is 4. The standard InChI is InChI=1S/C22H23ClFN5O3/c1-5-21(31)28-11-18(29(13(3)30)10-12(28)2)15-7-16(26-19(23)8-15)14-6-17(22(32)25-4)27-20(24)9-14/h5-9,12,18H,1,10-11H2,2-4H3,(H,25,32)/t12-,18-/m1/s1. The highest BCUT2D eigenvalue weighted by Gasteiger charge is 2.36. The summed E-state index contributed by atoms with van der Waals surface area (Å²) in [4.78, 5) is 47.8. The first-order valence-corrected chi connectivity index (χ1v) is 10.3. The Morgan fingerprint density at radius 2 is 1.91 bits per heavy atom. The Morgan fingerprint density at radius 3 is 2.53 bits per heavy atom. The zero-order valence-corrected chi connectivity index (χ0v) is 18.7. The summed E-state index contributed by atoms with van der Waals surface area (Å²) in [5.74, 6) is -1.78. The Bertz CT molecular complexity index is 1090. The van der Waals surface area contributed by atoms with Crippen molar-refractivity contribution in [2.75, 3.05) is 20.1 Å². The average Bonchev–Trinajstić information content (AvgIpc) is 2.76. The number of halogens is 2. The lowest BCUT2D eigenvalue weighted by molar-refractivity contribution is -0.142. The van der Waals surface area contributed by atoms with Crippen LogP contribution in [0.1, 0.15) is 35.9 Å². The van der Waals surface area contributed by atoms with Crippen molar-refractivity contribution in [3.05, 3.63) is 59.3 Å². The normalized spacial score (nSPS) is 18.3. The van der Waals surface area contributed by atoms with E-state index in [1.807, 2.05) is 6.92 Å². The van der Waals surface area contributed by atoms with E-state index in [-0.39, 0.29) is 35.2 Å². The number of hydrogen-bond donors (Lipinski definition) is 1. The second-order valence-corrected chi connectivity index (χ2v) is 7.87. The van der Waals surface area contributed by atoms with Gasteiger partial charge in [-0.2, -0.15) is 4.39 Å². The van der Waals surface area contributed by atoms with E-state index < -0.39 is 17.9 Å². The van der Waals surface area contributed by atoms with Crippen LogP contribution in [0.15, 0.2) is 36.9 Å². The number of rotatable bonds is 4. The first kappa shape index (κ1) is 23.3. The quantitative estimate of drug-likeness (QED) is 0.560. The van der Waals surface area contributed by atoms with Crippen molar-refractivity contribution in [2.24, 2.45) is 0 Å². The summed E-state index contributed by atoms with van der Waals surface area (Å²) in [5, 5.41) is 2.53. The molecule has 2 aromatic heterocycles. The third-order valence-corrected chi connectivity index (χ3v) is 5.55. The predicted octanol–water partition coefficient (Wildman–Crippen LogP) is 2.60. The van der Waals surface area contributed by atoms with Gasteiger partial charge in [0.25, 0.3) is 5.91 Å². The molecule has 3 heterocycles. The summed E-state index contributed by atoms with van der Waals surface area (Å²) in [7, 11) is 1.42. The number of aromatic nitrogens is 2. The van der Waals surface area contributed by atoms with E-state index in [1.165, 1.54) is 26.1 Å². The molecule has 0 radical (unpaired) electrons. The molecule has 168 valence electrons. The highest BCUT2D eigenvalue weighted by molar-refractivity contribution is 6.29. The van der Waals surface area contributed by atoms with E-state index >= 15 is 0 Å². The molecular weight excluding hydrogens is 437 g/mol. The fourth-order valence-corrected chi connectivity index (χ4v) is 4.00. The van der Waals surface area contributed by atoms with E-state index in [9.17, 15) is 18.8 Å².